The Kier molecular flexibility index (Phi) is 6.42. The lowest BCUT2D eigenvalue weighted by Gasteiger charge is -2.53. The molecule has 1 spiro atoms. The van der Waals surface area contributed by atoms with Crippen molar-refractivity contribution in [3.8, 4) is 0 Å². The Bertz CT molecular complexity index is 1030. The normalized spacial score (nSPS) is 19.5. The van der Waals surface area contributed by atoms with Crippen LogP contribution in [0, 0.1) is 0 Å². The van der Waals surface area contributed by atoms with Crippen LogP contribution in [0.1, 0.15) is 71.2 Å². The fourth-order valence-corrected chi connectivity index (χ4v) is 5.38. The molecule has 2 aromatic rings. The number of nitrogens with zero attached hydrogens (tertiary/aromatic N) is 1. The van der Waals surface area contributed by atoms with Crippen molar-refractivity contribution in [2.45, 2.75) is 50.5 Å². The maximum atomic E-state index is 13.8. The summed E-state index contributed by atoms with van der Waals surface area (Å²) in [5, 5.41) is 3.05. The minimum absolute atomic E-state index is 0.0258. The smallest absolute Gasteiger partial charge is 0.254 e. The highest BCUT2D eigenvalue weighted by Gasteiger charge is 2.54. The number of rotatable bonds is 6. The molecule has 1 aliphatic carbocycles. The summed E-state index contributed by atoms with van der Waals surface area (Å²) >= 11 is 0. The van der Waals surface area contributed by atoms with Gasteiger partial charge >= 0.3 is 0 Å². The van der Waals surface area contributed by atoms with Crippen molar-refractivity contribution < 1.29 is 19.1 Å². The third-order valence-electron chi connectivity index (χ3n) is 6.86. The van der Waals surface area contributed by atoms with Crippen molar-refractivity contribution in [2.75, 3.05) is 25.6 Å². The van der Waals surface area contributed by atoms with Gasteiger partial charge in [0.2, 0.25) is 5.91 Å². The van der Waals surface area contributed by atoms with Crippen LogP contribution in [-0.2, 0) is 9.53 Å². The Labute approximate surface area is 188 Å². The third-order valence-corrected chi connectivity index (χ3v) is 6.86. The topological polar surface area (TPSA) is 75.7 Å². The first kappa shape index (κ1) is 22.2. The molecule has 0 aromatic heterocycles. The van der Waals surface area contributed by atoms with Gasteiger partial charge in [0.1, 0.15) is 0 Å². The van der Waals surface area contributed by atoms with E-state index in [2.05, 4.69) is 5.32 Å². The average molecular weight is 435 g/mol. The summed E-state index contributed by atoms with van der Waals surface area (Å²) in [6.07, 6.45) is 4.61. The van der Waals surface area contributed by atoms with Crippen molar-refractivity contribution in [3.63, 3.8) is 0 Å². The molecule has 6 nitrogen and oxygen atoms in total. The number of amides is 2. The molecule has 2 amide bonds. The molecular formula is C26H30N2O4. The standard InChI is InChI=1S/C26H30N2O4/c1-18(29)19-9-8-10-20(17-19)27-24(30)23-21-11-4-5-12-22(21)25(31)28(15-16-32-2)26(23)13-6-3-7-14-26/h4-5,8-12,17,23H,3,6-7,13-16H2,1-2H3,(H,27,30)/t23-/m1/s1. The van der Waals surface area contributed by atoms with Crippen LogP contribution in [0.4, 0.5) is 5.69 Å². The number of carbonyl (C=O) groups is 3. The Morgan fingerprint density at radius 3 is 2.56 bits per heavy atom. The summed E-state index contributed by atoms with van der Waals surface area (Å²) in [4.78, 5) is 41.1. The number of benzene rings is 2. The molecule has 0 bridgehead atoms. The molecule has 0 unspecified atom stereocenters. The van der Waals surface area contributed by atoms with E-state index in [0.717, 1.165) is 37.7 Å². The number of carbonyl (C=O) groups excluding carboxylic acids is 3. The maximum Gasteiger partial charge on any atom is 0.254 e. The van der Waals surface area contributed by atoms with Crippen LogP contribution in [0.15, 0.2) is 48.5 Å². The van der Waals surface area contributed by atoms with Gasteiger partial charge in [-0.05, 0) is 43.5 Å². The second kappa shape index (κ2) is 9.25. The molecule has 0 saturated heterocycles. The number of ether oxygens (including phenoxy) is 1. The number of nitrogens with one attached hydrogen (secondary N) is 1. The zero-order valence-electron chi connectivity index (χ0n) is 18.7. The third kappa shape index (κ3) is 3.95. The van der Waals surface area contributed by atoms with Crippen LogP contribution in [0.3, 0.4) is 0 Å². The lowest BCUT2D eigenvalue weighted by Crippen LogP contribution is -2.62. The summed E-state index contributed by atoms with van der Waals surface area (Å²) in [6.45, 7) is 2.38. The van der Waals surface area contributed by atoms with Gasteiger partial charge in [0.25, 0.3) is 5.91 Å². The number of Topliss-reactive ketones (excluding diaryl/α,β-unsaturated/α-hetero) is 1. The first-order chi connectivity index (χ1) is 15.5. The predicted molar refractivity (Wildman–Crippen MR) is 123 cm³/mol. The first-order valence-electron chi connectivity index (χ1n) is 11.3. The van der Waals surface area contributed by atoms with Crippen molar-refractivity contribution in [3.05, 3.63) is 65.2 Å². The molecule has 1 atom stereocenters. The summed E-state index contributed by atoms with van der Waals surface area (Å²) in [5.74, 6) is -0.712. The Morgan fingerprint density at radius 1 is 1.09 bits per heavy atom. The maximum absolute atomic E-state index is 13.8. The van der Waals surface area contributed by atoms with Gasteiger partial charge in [0.05, 0.1) is 18.1 Å². The van der Waals surface area contributed by atoms with E-state index in [1.54, 1.807) is 31.4 Å². The van der Waals surface area contributed by atoms with Gasteiger partial charge in [-0.1, -0.05) is 49.6 Å². The van der Waals surface area contributed by atoms with Crippen LogP contribution >= 0.6 is 0 Å². The highest BCUT2D eigenvalue weighted by Crippen LogP contribution is 2.49. The van der Waals surface area contributed by atoms with Crippen molar-refractivity contribution in [1.82, 2.24) is 4.90 Å². The molecule has 2 aliphatic rings. The van der Waals surface area contributed by atoms with Crippen LogP contribution in [0.5, 0.6) is 0 Å². The molecule has 6 heteroatoms. The van der Waals surface area contributed by atoms with Crippen LogP contribution in [0.25, 0.3) is 0 Å². The summed E-state index contributed by atoms with van der Waals surface area (Å²) in [6, 6.07) is 14.5. The minimum atomic E-state index is -0.579. The lowest BCUT2D eigenvalue weighted by molar-refractivity contribution is -0.122. The Hall–Kier alpha value is -2.99. The summed E-state index contributed by atoms with van der Waals surface area (Å²) in [7, 11) is 1.63. The highest BCUT2D eigenvalue weighted by molar-refractivity contribution is 6.05. The molecule has 32 heavy (non-hydrogen) atoms. The van der Waals surface area contributed by atoms with Crippen molar-refractivity contribution >= 4 is 23.3 Å². The lowest BCUT2D eigenvalue weighted by atomic mass is 9.65. The van der Waals surface area contributed by atoms with Gasteiger partial charge < -0.3 is 15.0 Å². The second-order valence-corrected chi connectivity index (χ2v) is 8.76. The van der Waals surface area contributed by atoms with Crippen LogP contribution in [-0.4, -0.2) is 48.3 Å². The van der Waals surface area contributed by atoms with Gasteiger partial charge in [0.15, 0.2) is 5.78 Å². The van der Waals surface area contributed by atoms with E-state index in [9.17, 15) is 14.4 Å². The Balaban J connectivity index is 1.78. The van der Waals surface area contributed by atoms with E-state index >= 15 is 0 Å². The fraction of sp³-hybridized carbons (Fsp3) is 0.423. The van der Waals surface area contributed by atoms with Crippen molar-refractivity contribution in [2.24, 2.45) is 0 Å². The molecule has 2 aromatic carbocycles. The van der Waals surface area contributed by atoms with E-state index in [1.165, 1.54) is 6.92 Å². The number of fused-ring (bicyclic) bond motifs is 1. The fourth-order valence-electron chi connectivity index (χ4n) is 5.38. The number of ketones is 1. The van der Waals surface area contributed by atoms with Crippen molar-refractivity contribution in [1.29, 1.82) is 0 Å². The van der Waals surface area contributed by atoms with E-state index in [1.807, 2.05) is 29.2 Å². The molecule has 0 radical (unpaired) electrons. The monoisotopic (exact) mass is 434 g/mol. The van der Waals surface area contributed by atoms with Gasteiger partial charge in [-0.3, -0.25) is 14.4 Å². The van der Waals surface area contributed by atoms with E-state index in [4.69, 9.17) is 4.74 Å². The summed E-state index contributed by atoms with van der Waals surface area (Å²) < 4.78 is 5.32. The van der Waals surface area contributed by atoms with Crippen LogP contribution in [0.2, 0.25) is 0 Å². The molecule has 168 valence electrons. The Morgan fingerprint density at radius 2 is 1.84 bits per heavy atom. The van der Waals surface area contributed by atoms with Gasteiger partial charge in [-0.15, -0.1) is 0 Å². The predicted octanol–water partition coefficient (Wildman–Crippen LogP) is 4.42. The largest absolute Gasteiger partial charge is 0.383 e. The highest BCUT2D eigenvalue weighted by atomic mass is 16.5. The number of methoxy groups -OCH3 is 1. The number of hydrogen-bond donors (Lipinski definition) is 1. The first-order valence-corrected chi connectivity index (χ1v) is 11.3. The van der Waals surface area contributed by atoms with Gasteiger partial charge in [-0.2, -0.15) is 0 Å². The molecule has 1 heterocycles. The molecule has 1 aliphatic heterocycles. The molecule has 1 fully saturated rings. The van der Waals surface area contributed by atoms with Crippen LogP contribution < -0.4 is 5.32 Å². The molecule has 1 saturated carbocycles. The second-order valence-electron chi connectivity index (χ2n) is 8.76. The zero-order valence-corrected chi connectivity index (χ0v) is 18.7. The molecular weight excluding hydrogens is 404 g/mol. The van der Waals surface area contributed by atoms with E-state index in [-0.39, 0.29) is 17.6 Å². The molecule has 1 N–H and O–H groups in total. The SMILES string of the molecule is COCCN1C(=O)c2ccccc2[C@H](C(=O)Nc2cccc(C(C)=O)c2)C12CCCCC2. The average Bonchev–Trinajstić information content (AvgIpc) is 2.80. The quantitative estimate of drug-likeness (QED) is 0.683. The van der Waals surface area contributed by atoms with E-state index in [0.29, 0.717) is 30.0 Å². The zero-order chi connectivity index (χ0) is 22.7. The molecule has 4 rings (SSSR count). The van der Waals surface area contributed by atoms with E-state index < -0.39 is 11.5 Å². The number of hydrogen-bond acceptors (Lipinski definition) is 4. The number of anilines is 1. The summed E-state index contributed by atoms with van der Waals surface area (Å²) in [5.41, 5.74) is 1.93. The van der Waals surface area contributed by atoms with Gasteiger partial charge in [-0.25, -0.2) is 0 Å². The minimum Gasteiger partial charge on any atom is -0.383 e. The van der Waals surface area contributed by atoms with Gasteiger partial charge in [0, 0.05) is 30.5 Å².